The quantitative estimate of drug-likeness (QED) is 0.286. The van der Waals surface area contributed by atoms with Gasteiger partial charge in [0.15, 0.2) is 0 Å². The van der Waals surface area contributed by atoms with Gasteiger partial charge in [-0.05, 0) is 31.7 Å². The van der Waals surface area contributed by atoms with Gasteiger partial charge >= 0.3 is 0 Å². The first-order valence-electron chi connectivity index (χ1n) is 10.7. The second kappa shape index (κ2) is 11.2. The minimum Gasteiger partial charge on any atom is -0.353 e. The molecule has 1 aliphatic carbocycles. The number of carbonyl (C=O) groups excluding carboxylic acids is 2. The first-order valence-corrected chi connectivity index (χ1v) is 10.7. The fourth-order valence-corrected chi connectivity index (χ4v) is 3.22. The monoisotopic (exact) mass is 428 g/mol. The van der Waals surface area contributed by atoms with Crippen LogP contribution in [0.1, 0.15) is 63.5 Å². The van der Waals surface area contributed by atoms with Gasteiger partial charge in [0, 0.05) is 24.9 Å². The molecule has 0 radical (unpaired) electrons. The maximum Gasteiger partial charge on any atom is 0.294 e. The summed E-state index contributed by atoms with van der Waals surface area (Å²) in [5.41, 5.74) is 0.783. The van der Waals surface area contributed by atoms with Gasteiger partial charge in [-0.2, -0.15) is 0 Å². The molecular weight excluding hydrogens is 400 g/mol. The van der Waals surface area contributed by atoms with Crippen molar-refractivity contribution in [2.45, 2.75) is 70.4 Å². The lowest BCUT2D eigenvalue weighted by atomic mass is 10.1. The maximum absolute atomic E-state index is 12.0. The fraction of sp³-hybridized carbons (Fsp3) is 0.524. The number of hydrogen-bond donors (Lipinski definition) is 2. The smallest absolute Gasteiger partial charge is 0.294 e. The molecule has 10 nitrogen and oxygen atoms in total. The molecule has 0 unspecified atom stereocenters. The zero-order valence-corrected chi connectivity index (χ0v) is 17.5. The molecule has 0 saturated heterocycles. The van der Waals surface area contributed by atoms with Crippen LogP contribution in [0.15, 0.2) is 30.5 Å². The van der Waals surface area contributed by atoms with Gasteiger partial charge < -0.3 is 10.6 Å². The topological polar surface area (TPSA) is 132 Å². The molecule has 0 aliphatic heterocycles. The summed E-state index contributed by atoms with van der Waals surface area (Å²) in [5.74, 6) is 0.0877. The zero-order chi connectivity index (χ0) is 22.1. The van der Waals surface area contributed by atoms with Crippen LogP contribution in [-0.4, -0.2) is 37.8 Å². The molecule has 166 valence electrons. The van der Waals surface area contributed by atoms with E-state index >= 15 is 0 Å². The molecule has 1 aromatic heterocycles. The van der Waals surface area contributed by atoms with Gasteiger partial charge in [-0.3, -0.25) is 19.7 Å². The highest BCUT2D eigenvalue weighted by Crippen LogP contribution is 2.21. The molecule has 0 bridgehead atoms. The van der Waals surface area contributed by atoms with Gasteiger partial charge in [0.05, 0.1) is 17.7 Å². The summed E-state index contributed by atoms with van der Waals surface area (Å²) in [7, 11) is 0. The zero-order valence-electron chi connectivity index (χ0n) is 17.5. The molecule has 1 aliphatic rings. The molecule has 0 atom stereocenters. The van der Waals surface area contributed by atoms with Crippen LogP contribution >= 0.6 is 0 Å². The Labute approximate surface area is 180 Å². The summed E-state index contributed by atoms with van der Waals surface area (Å²) in [6.07, 6.45) is 9.45. The van der Waals surface area contributed by atoms with E-state index in [-0.39, 0.29) is 24.0 Å². The Morgan fingerprint density at radius 3 is 2.45 bits per heavy atom. The molecule has 2 N–H and O–H groups in total. The van der Waals surface area contributed by atoms with Crippen molar-refractivity contribution < 1.29 is 14.5 Å². The SMILES string of the molecule is O=C(CCCCCCCC(=O)NC1CC1)NCc1cn(-c2ccccc2[N+](=O)[O-])nn1. The van der Waals surface area contributed by atoms with E-state index in [1.54, 1.807) is 24.4 Å². The number of unbranched alkanes of at least 4 members (excludes halogenated alkanes) is 4. The Hall–Kier alpha value is -3.30. The van der Waals surface area contributed by atoms with Crippen LogP contribution in [0.2, 0.25) is 0 Å². The third-order valence-corrected chi connectivity index (χ3v) is 5.08. The second-order valence-electron chi connectivity index (χ2n) is 7.79. The second-order valence-corrected chi connectivity index (χ2v) is 7.79. The summed E-state index contributed by atoms with van der Waals surface area (Å²) in [6, 6.07) is 6.70. The molecule has 31 heavy (non-hydrogen) atoms. The summed E-state index contributed by atoms with van der Waals surface area (Å²) >= 11 is 0. The Kier molecular flexibility index (Phi) is 8.08. The highest BCUT2D eigenvalue weighted by Gasteiger charge is 2.22. The third kappa shape index (κ3) is 7.47. The average Bonchev–Trinajstić information content (AvgIpc) is 3.44. The number of nitrogens with one attached hydrogen (secondary N) is 2. The van der Waals surface area contributed by atoms with Crippen molar-refractivity contribution in [2.75, 3.05) is 0 Å². The van der Waals surface area contributed by atoms with E-state index in [0.717, 1.165) is 44.9 Å². The van der Waals surface area contributed by atoms with Crippen molar-refractivity contribution in [2.24, 2.45) is 0 Å². The van der Waals surface area contributed by atoms with Crippen molar-refractivity contribution in [3.05, 3.63) is 46.3 Å². The van der Waals surface area contributed by atoms with Crippen molar-refractivity contribution in [3.8, 4) is 5.69 Å². The van der Waals surface area contributed by atoms with Gasteiger partial charge in [0.1, 0.15) is 11.4 Å². The van der Waals surface area contributed by atoms with E-state index in [1.807, 2.05) is 0 Å². The van der Waals surface area contributed by atoms with Crippen molar-refractivity contribution >= 4 is 17.5 Å². The number of rotatable bonds is 13. The standard InChI is InChI=1S/C21H28N6O4/c28-20(10-4-2-1-3-5-11-21(29)23-16-12-13-16)22-14-17-15-26(25-24-17)18-8-6-7-9-19(18)27(30)31/h6-9,15-16H,1-5,10-14H2,(H,22,28)(H,23,29). The summed E-state index contributed by atoms with van der Waals surface area (Å²) in [5, 5.41) is 24.8. The van der Waals surface area contributed by atoms with E-state index in [4.69, 9.17) is 0 Å². The van der Waals surface area contributed by atoms with Crippen molar-refractivity contribution in [3.63, 3.8) is 0 Å². The number of aromatic nitrogens is 3. The largest absolute Gasteiger partial charge is 0.353 e. The summed E-state index contributed by atoms with van der Waals surface area (Å²) in [4.78, 5) is 34.3. The van der Waals surface area contributed by atoms with E-state index in [1.165, 1.54) is 10.7 Å². The number of nitrogens with zero attached hydrogens (tertiary/aromatic N) is 4. The Morgan fingerprint density at radius 1 is 1.06 bits per heavy atom. The Bertz CT molecular complexity index is 909. The molecule has 3 rings (SSSR count). The molecule has 1 saturated carbocycles. The van der Waals surface area contributed by atoms with Crippen LogP contribution in [0, 0.1) is 10.1 Å². The third-order valence-electron chi connectivity index (χ3n) is 5.08. The lowest BCUT2D eigenvalue weighted by molar-refractivity contribution is -0.384. The Balaban J connectivity index is 1.29. The predicted molar refractivity (Wildman–Crippen MR) is 113 cm³/mol. The van der Waals surface area contributed by atoms with Crippen LogP contribution < -0.4 is 10.6 Å². The molecule has 1 fully saturated rings. The number of nitro benzene ring substituents is 1. The van der Waals surface area contributed by atoms with Gasteiger partial charge in [0.2, 0.25) is 11.8 Å². The Morgan fingerprint density at radius 2 is 1.74 bits per heavy atom. The number of nitro groups is 1. The van der Waals surface area contributed by atoms with Crippen LogP contribution in [0.3, 0.4) is 0 Å². The lowest BCUT2D eigenvalue weighted by Gasteiger charge is -2.04. The van der Waals surface area contributed by atoms with Gasteiger partial charge in [0.25, 0.3) is 5.69 Å². The highest BCUT2D eigenvalue weighted by molar-refractivity contribution is 5.76. The van der Waals surface area contributed by atoms with Gasteiger partial charge in [-0.15, -0.1) is 5.10 Å². The molecule has 10 heteroatoms. The first-order chi connectivity index (χ1) is 15.0. The molecule has 2 amide bonds. The van der Waals surface area contributed by atoms with Crippen LogP contribution in [0.4, 0.5) is 5.69 Å². The number of carbonyl (C=O) groups is 2. The van der Waals surface area contributed by atoms with Gasteiger partial charge in [-0.25, -0.2) is 4.68 Å². The van der Waals surface area contributed by atoms with E-state index in [9.17, 15) is 19.7 Å². The van der Waals surface area contributed by atoms with E-state index in [0.29, 0.717) is 30.3 Å². The molecule has 0 spiro atoms. The summed E-state index contributed by atoms with van der Waals surface area (Å²) in [6.45, 7) is 0.218. The van der Waals surface area contributed by atoms with E-state index in [2.05, 4.69) is 20.9 Å². The lowest BCUT2D eigenvalue weighted by Crippen LogP contribution is -2.24. The fourth-order valence-electron chi connectivity index (χ4n) is 3.22. The normalized spacial score (nSPS) is 13.0. The van der Waals surface area contributed by atoms with Gasteiger partial charge in [-0.1, -0.05) is 36.6 Å². The minimum atomic E-state index is -0.471. The number of amides is 2. The molecule has 2 aromatic rings. The summed E-state index contributed by atoms with van der Waals surface area (Å²) < 4.78 is 1.34. The first kappa shape index (κ1) is 22.4. The van der Waals surface area contributed by atoms with Crippen molar-refractivity contribution in [1.82, 2.24) is 25.6 Å². The predicted octanol–water partition coefficient (Wildman–Crippen LogP) is 2.80. The molecule has 1 aromatic carbocycles. The highest BCUT2D eigenvalue weighted by atomic mass is 16.6. The van der Waals surface area contributed by atoms with E-state index < -0.39 is 4.92 Å². The molecular formula is C21H28N6O4. The van der Waals surface area contributed by atoms with Crippen LogP contribution in [0.25, 0.3) is 5.69 Å². The maximum atomic E-state index is 12.0. The average molecular weight is 428 g/mol. The number of para-hydroxylation sites is 2. The number of hydrogen-bond acceptors (Lipinski definition) is 6. The number of benzene rings is 1. The van der Waals surface area contributed by atoms with Crippen LogP contribution in [0.5, 0.6) is 0 Å². The van der Waals surface area contributed by atoms with Crippen LogP contribution in [-0.2, 0) is 16.1 Å². The minimum absolute atomic E-state index is 0.0634. The molecule has 1 heterocycles. The van der Waals surface area contributed by atoms with Crippen molar-refractivity contribution in [1.29, 1.82) is 0 Å².